The van der Waals surface area contributed by atoms with Gasteiger partial charge < -0.3 is 19.7 Å². The van der Waals surface area contributed by atoms with Crippen LogP contribution in [0.1, 0.15) is 22.2 Å². The van der Waals surface area contributed by atoms with Crippen LogP contribution in [0.4, 0.5) is 0 Å². The quantitative estimate of drug-likeness (QED) is 0.715. The molecule has 0 saturated carbocycles. The first-order chi connectivity index (χ1) is 10.1. The highest BCUT2D eigenvalue weighted by Crippen LogP contribution is 2.13. The maximum absolute atomic E-state index is 12.2. The topological polar surface area (TPSA) is 92.2 Å². The predicted molar refractivity (Wildman–Crippen MR) is 78.7 cm³/mol. The van der Waals surface area contributed by atoms with E-state index in [9.17, 15) is 9.90 Å². The molecule has 0 aliphatic rings. The van der Waals surface area contributed by atoms with Crippen LogP contribution in [0.3, 0.4) is 0 Å². The number of carbonyl (C=O) groups excluding carboxylic acids is 1. The van der Waals surface area contributed by atoms with Crippen molar-refractivity contribution in [3.05, 3.63) is 40.4 Å². The minimum atomic E-state index is -0.641. The Balaban J connectivity index is 2.16. The Morgan fingerprint density at radius 1 is 1.52 bits per heavy atom. The predicted octanol–water partition coefficient (Wildman–Crippen LogP) is 0.950. The lowest BCUT2D eigenvalue weighted by atomic mass is 10.2. The van der Waals surface area contributed by atoms with Gasteiger partial charge in [0, 0.05) is 12.6 Å². The van der Waals surface area contributed by atoms with Gasteiger partial charge in [-0.25, -0.2) is 0 Å². The number of aliphatic hydroxyl groups is 1. The van der Waals surface area contributed by atoms with Gasteiger partial charge in [0.15, 0.2) is 10.6 Å². The Labute approximate surface area is 126 Å². The first kappa shape index (κ1) is 15.2. The zero-order valence-electron chi connectivity index (χ0n) is 11.7. The molecule has 1 amide bonds. The van der Waals surface area contributed by atoms with Crippen molar-refractivity contribution in [1.82, 2.24) is 20.1 Å². The number of carbonyl (C=O) groups is 1. The Hall–Kier alpha value is -2.19. The number of hydrogen-bond donors (Lipinski definition) is 3. The summed E-state index contributed by atoms with van der Waals surface area (Å²) in [6.45, 7) is -0.282. The summed E-state index contributed by atoms with van der Waals surface area (Å²) in [5.41, 5.74) is 0.464. The lowest BCUT2D eigenvalue weighted by molar-refractivity contribution is 0.0912. The van der Waals surface area contributed by atoms with E-state index >= 15 is 0 Å². The molecule has 3 N–H and O–H groups in total. The molecule has 1 aromatic heterocycles. The molecular formula is C13H16N4O3S. The highest BCUT2D eigenvalue weighted by atomic mass is 32.1. The van der Waals surface area contributed by atoms with E-state index in [1.54, 1.807) is 43.0 Å². The van der Waals surface area contributed by atoms with Crippen molar-refractivity contribution in [3.63, 3.8) is 0 Å². The summed E-state index contributed by atoms with van der Waals surface area (Å²) in [6.07, 6.45) is 0. The van der Waals surface area contributed by atoms with E-state index in [1.165, 1.54) is 0 Å². The number of aromatic amines is 1. The molecule has 2 rings (SSSR count). The minimum Gasteiger partial charge on any atom is -0.497 e. The monoisotopic (exact) mass is 308 g/mol. The first-order valence-corrected chi connectivity index (χ1v) is 6.64. The van der Waals surface area contributed by atoms with Gasteiger partial charge in [-0.3, -0.25) is 9.89 Å². The number of aliphatic hydroxyl groups excluding tert-OH is 1. The zero-order chi connectivity index (χ0) is 15.4. The number of rotatable bonds is 5. The molecule has 0 saturated heterocycles. The number of H-pyrrole nitrogens is 1. The van der Waals surface area contributed by atoms with Crippen molar-refractivity contribution in [2.75, 3.05) is 13.7 Å². The van der Waals surface area contributed by atoms with Crippen molar-refractivity contribution in [2.45, 2.75) is 6.04 Å². The first-order valence-electron chi connectivity index (χ1n) is 6.24. The van der Waals surface area contributed by atoms with Crippen molar-refractivity contribution < 1.29 is 14.6 Å². The Bertz CT molecular complexity index is 677. The second-order valence-electron chi connectivity index (χ2n) is 4.38. The largest absolute Gasteiger partial charge is 0.497 e. The highest BCUT2D eigenvalue weighted by Gasteiger charge is 2.19. The molecule has 0 bridgehead atoms. The molecule has 8 heteroatoms. The molecule has 0 aliphatic heterocycles. The molecule has 0 aliphatic carbocycles. The molecule has 0 unspecified atom stereocenters. The van der Waals surface area contributed by atoms with E-state index in [0.29, 0.717) is 21.9 Å². The van der Waals surface area contributed by atoms with Gasteiger partial charge in [-0.1, -0.05) is 0 Å². The Morgan fingerprint density at radius 2 is 2.19 bits per heavy atom. The maximum atomic E-state index is 12.2. The van der Waals surface area contributed by atoms with E-state index in [0.717, 1.165) is 0 Å². The third-order valence-electron chi connectivity index (χ3n) is 3.07. The number of benzene rings is 1. The fourth-order valence-corrected chi connectivity index (χ4v) is 1.99. The number of nitrogens with one attached hydrogen (secondary N) is 2. The number of ether oxygens (including phenoxy) is 1. The number of nitrogens with zero attached hydrogens (tertiary/aromatic N) is 2. The summed E-state index contributed by atoms with van der Waals surface area (Å²) in [5, 5.41) is 18.8. The molecule has 2 aromatic rings. The van der Waals surface area contributed by atoms with Crippen molar-refractivity contribution >= 4 is 18.1 Å². The fourth-order valence-electron chi connectivity index (χ4n) is 1.85. The lowest BCUT2D eigenvalue weighted by Gasteiger charge is -2.15. The van der Waals surface area contributed by atoms with Gasteiger partial charge in [0.1, 0.15) is 11.8 Å². The second kappa shape index (κ2) is 6.51. The molecular weight excluding hydrogens is 292 g/mol. The molecule has 7 nitrogen and oxygen atoms in total. The molecule has 21 heavy (non-hydrogen) atoms. The van der Waals surface area contributed by atoms with Gasteiger partial charge in [-0.15, -0.1) is 0 Å². The van der Waals surface area contributed by atoms with E-state index < -0.39 is 6.04 Å². The van der Waals surface area contributed by atoms with Gasteiger partial charge >= 0.3 is 0 Å². The van der Waals surface area contributed by atoms with Crippen LogP contribution in [0.2, 0.25) is 0 Å². The van der Waals surface area contributed by atoms with E-state index in [1.807, 2.05) is 0 Å². The Kier molecular flexibility index (Phi) is 4.71. The number of methoxy groups -OCH3 is 1. The van der Waals surface area contributed by atoms with Gasteiger partial charge in [0.2, 0.25) is 0 Å². The average molecular weight is 308 g/mol. The molecule has 112 valence electrons. The average Bonchev–Trinajstić information content (AvgIpc) is 2.84. The summed E-state index contributed by atoms with van der Waals surface area (Å²) in [4.78, 5) is 12.2. The molecule has 1 aromatic carbocycles. The molecule has 0 spiro atoms. The molecule has 0 fully saturated rings. The third kappa shape index (κ3) is 3.29. The van der Waals surface area contributed by atoms with Crippen LogP contribution < -0.4 is 10.1 Å². The lowest BCUT2D eigenvalue weighted by Crippen LogP contribution is -2.32. The Morgan fingerprint density at radius 3 is 2.67 bits per heavy atom. The minimum absolute atomic E-state index is 0.282. The van der Waals surface area contributed by atoms with Crippen LogP contribution in [0.15, 0.2) is 24.3 Å². The van der Waals surface area contributed by atoms with Gasteiger partial charge in [-0.05, 0) is 36.5 Å². The highest BCUT2D eigenvalue weighted by molar-refractivity contribution is 7.71. The van der Waals surface area contributed by atoms with Crippen LogP contribution in [-0.4, -0.2) is 39.5 Å². The van der Waals surface area contributed by atoms with Gasteiger partial charge in [0.25, 0.3) is 5.91 Å². The van der Waals surface area contributed by atoms with Crippen molar-refractivity contribution in [1.29, 1.82) is 0 Å². The number of hydrogen-bond acceptors (Lipinski definition) is 5. The second-order valence-corrected chi connectivity index (χ2v) is 4.77. The van der Waals surface area contributed by atoms with Crippen molar-refractivity contribution in [3.8, 4) is 5.75 Å². The van der Waals surface area contributed by atoms with Crippen LogP contribution in [0.5, 0.6) is 5.75 Å². The van der Waals surface area contributed by atoms with Gasteiger partial charge in [0.05, 0.1) is 13.7 Å². The summed E-state index contributed by atoms with van der Waals surface area (Å²) in [7, 11) is 3.27. The summed E-state index contributed by atoms with van der Waals surface area (Å²) in [5.74, 6) is 0.815. The van der Waals surface area contributed by atoms with Crippen LogP contribution >= 0.6 is 12.2 Å². The standard InChI is InChI=1S/C13H16N4O3S/c1-17-11(15-16-13(17)21)10(7-18)14-12(19)8-3-5-9(20-2)6-4-8/h3-6,10,18H,7H2,1-2H3,(H,14,19)(H,16,21)/t10-/m0/s1. The summed E-state index contributed by atoms with van der Waals surface area (Å²) >= 11 is 5.01. The molecule has 0 radical (unpaired) electrons. The zero-order valence-corrected chi connectivity index (χ0v) is 12.5. The van der Waals surface area contributed by atoms with Crippen molar-refractivity contribution in [2.24, 2.45) is 7.05 Å². The summed E-state index contributed by atoms with van der Waals surface area (Å²) < 4.78 is 7.06. The van der Waals surface area contributed by atoms with E-state index in [2.05, 4.69) is 15.5 Å². The van der Waals surface area contributed by atoms with Crippen LogP contribution in [0, 0.1) is 4.77 Å². The van der Waals surface area contributed by atoms with Crippen LogP contribution in [0.25, 0.3) is 0 Å². The fraction of sp³-hybridized carbons (Fsp3) is 0.308. The van der Waals surface area contributed by atoms with E-state index in [4.69, 9.17) is 17.0 Å². The molecule has 1 heterocycles. The van der Waals surface area contributed by atoms with E-state index in [-0.39, 0.29) is 12.5 Å². The van der Waals surface area contributed by atoms with Gasteiger partial charge in [-0.2, -0.15) is 5.10 Å². The SMILES string of the molecule is COc1ccc(C(=O)N[C@@H](CO)c2n[nH]c(=S)n2C)cc1. The maximum Gasteiger partial charge on any atom is 0.251 e. The summed E-state index contributed by atoms with van der Waals surface area (Å²) in [6, 6.07) is 6.03. The number of amides is 1. The molecule has 1 atom stereocenters. The normalized spacial score (nSPS) is 12.0. The number of aromatic nitrogens is 3. The van der Waals surface area contributed by atoms with Crippen LogP contribution in [-0.2, 0) is 7.05 Å². The third-order valence-corrected chi connectivity index (χ3v) is 3.43. The smallest absolute Gasteiger partial charge is 0.251 e.